The van der Waals surface area contributed by atoms with Crippen molar-refractivity contribution < 1.29 is 9.18 Å². The van der Waals surface area contributed by atoms with Gasteiger partial charge < -0.3 is 16.4 Å². The molecule has 0 aliphatic carbocycles. The lowest BCUT2D eigenvalue weighted by Crippen LogP contribution is -2.23. The van der Waals surface area contributed by atoms with E-state index in [0.29, 0.717) is 16.6 Å². The maximum Gasteiger partial charge on any atom is 0.252 e. The molecule has 0 fully saturated rings. The highest BCUT2D eigenvalue weighted by Gasteiger charge is 2.20. The minimum Gasteiger partial charge on any atom is -0.382 e. The van der Waals surface area contributed by atoms with Crippen LogP contribution in [-0.4, -0.2) is 27.9 Å². The Bertz CT molecular complexity index is 1080. The third-order valence-electron chi connectivity index (χ3n) is 4.03. The first-order valence-electron chi connectivity index (χ1n) is 8.04. The number of nitrogens with one attached hydrogen (secondary N) is 2. The second-order valence-corrected chi connectivity index (χ2v) is 5.80. The maximum atomic E-state index is 13.5. The normalized spacial score (nSPS) is 11.6. The van der Waals surface area contributed by atoms with Crippen molar-refractivity contribution in [2.45, 2.75) is 13.0 Å². The molecule has 0 aliphatic rings. The number of carbonyl (C=O) groups is 1. The fraction of sp³-hybridized carbons (Fsp3) is 0.167. The largest absolute Gasteiger partial charge is 0.382 e. The lowest BCUT2D eigenvalue weighted by atomic mass is 10.0. The number of nitrogens with two attached hydrogens (primary N) is 1. The first-order chi connectivity index (χ1) is 12.9. The molecule has 2 aromatic heterocycles. The highest BCUT2D eigenvalue weighted by molar-refractivity contribution is 5.98. The van der Waals surface area contributed by atoms with Crippen LogP contribution in [0.25, 0.3) is 10.9 Å². The number of halogens is 1. The van der Waals surface area contributed by atoms with E-state index in [0.717, 1.165) is 0 Å². The molecule has 9 heteroatoms. The molecule has 1 atom stereocenters. The summed E-state index contributed by atoms with van der Waals surface area (Å²) in [5.41, 5.74) is 7.06. The summed E-state index contributed by atoms with van der Waals surface area (Å²) in [7, 11) is 1.50. The predicted molar refractivity (Wildman–Crippen MR) is 98.3 cm³/mol. The number of pyridine rings is 1. The van der Waals surface area contributed by atoms with Crippen molar-refractivity contribution in [2.75, 3.05) is 18.1 Å². The molecule has 136 valence electrons. The molecule has 4 N–H and O–H groups in total. The Morgan fingerprint density at radius 2 is 2.11 bits per heavy atom. The average molecular weight is 365 g/mol. The van der Waals surface area contributed by atoms with Crippen LogP contribution in [-0.2, 0) is 0 Å². The van der Waals surface area contributed by atoms with Crippen molar-refractivity contribution in [1.29, 1.82) is 5.26 Å². The third kappa shape index (κ3) is 3.46. The summed E-state index contributed by atoms with van der Waals surface area (Å²) < 4.78 is 13.5. The molecule has 0 saturated heterocycles. The fourth-order valence-electron chi connectivity index (χ4n) is 2.70. The maximum absolute atomic E-state index is 13.5. The number of aromatic nitrogens is 3. The second kappa shape index (κ2) is 7.21. The van der Waals surface area contributed by atoms with Gasteiger partial charge >= 0.3 is 0 Å². The minimum atomic E-state index is -0.492. The molecule has 1 amide bonds. The molecule has 8 nitrogen and oxygen atoms in total. The Morgan fingerprint density at radius 1 is 1.33 bits per heavy atom. The van der Waals surface area contributed by atoms with E-state index in [1.807, 2.05) is 6.07 Å². The topological polar surface area (TPSA) is 130 Å². The van der Waals surface area contributed by atoms with Gasteiger partial charge in [-0.1, -0.05) is 0 Å². The van der Waals surface area contributed by atoms with Crippen molar-refractivity contribution in [1.82, 2.24) is 20.3 Å². The van der Waals surface area contributed by atoms with Crippen molar-refractivity contribution >= 4 is 28.4 Å². The van der Waals surface area contributed by atoms with E-state index in [-0.39, 0.29) is 28.7 Å². The number of hydrogen-bond acceptors (Lipinski definition) is 7. The van der Waals surface area contributed by atoms with E-state index in [2.05, 4.69) is 25.6 Å². The summed E-state index contributed by atoms with van der Waals surface area (Å²) in [6.45, 7) is 1.77. The van der Waals surface area contributed by atoms with Gasteiger partial charge in [0, 0.05) is 12.4 Å². The van der Waals surface area contributed by atoms with Crippen LogP contribution in [0.1, 0.15) is 34.6 Å². The molecular weight excluding hydrogens is 349 g/mol. The molecule has 0 bridgehead atoms. The van der Waals surface area contributed by atoms with Gasteiger partial charge in [0.25, 0.3) is 5.91 Å². The number of nitriles is 1. The van der Waals surface area contributed by atoms with Crippen molar-refractivity contribution in [3.05, 3.63) is 53.2 Å². The molecule has 2 heterocycles. The summed E-state index contributed by atoms with van der Waals surface area (Å²) in [6, 6.07) is 7.20. The Balaban J connectivity index is 2.09. The molecule has 0 spiro atoms. The number of rotatable bonds is 4. The number of amides is 1. The van der Waals surface area contributed by atoms with Gasteiger partial charge in [-0.2, -0.15) is 5.26 Å². The van der Waals surface area contributed by atoms with Crippen LogP contribution < -0.4 is 16.4 Å². The monoisotopic (exact) mass is 365 g/mol. The zero-order valence-electron chi connectivity index (χ0n) is 14.6. The quantitative estimate of drug-likeness (QED) is 0.646. The van der Waals surface area contributed by atoms with Crippen LogP contribution >= 0.6 is 0 Å². The summed E-state index contributed by atoms with van der Waals surface area (Å²) in [6.07, 6.45) is 1.24. The number of benzene rings is 1. The standard InChI is InChI=1S/C18H16FN7O/c1-9(25-17-13(7-20)16(21)23-8-24-17)15-12(18(27)22-2)6-10-5-11(19)3-4-14(10)26-15/h3-6,8-9H,1-2H3,(H,22,27)(H3,21,23,24,25)/t9-/m0/s1. The predicted octanol–water partition coefficient (Wildman–Crippen LogP) is 2.15. The Kier molecular flexibility index (Phi) is 4.81. The van der Waals surface area contributed by atoms with Crippen molar-refractivity contribution in [3.63, 3.8) is 0 Å². The van der Waals surface area contributed by atoms with Gasteiger partial charge in [0.2, 0.25) is 0 Å². The lowest BCUT2D eigenvalue weighted by molar-refractivity contribution is 0.0961. The molecule has 3 aromatic rings. The molecule has 0 unspecified atom stereocenters. The SMILES string of the molecule is CNC(=O)c1cc2cc(F)ccc2nc1[C@H](C)Nc1ncnc(N)c1C#N. The summed E-state index contributed by atoms with van der Waals surface area (Å²) in [5.74, 6) is -0.488. The second-order valence-electron chi connectivity index (χ2n) is 5.80. The van der Waals surface area contributed by atoms with Gasteiger partial charge in [-0.15, -0.1) is 0 Å². The highest BCUT2D eigenvalue weighted by atomic mass is 19.1. The van der Waals surface area contributed by atoms with Gasteiger partial charge in [0.05, 0.1) is 22.8 Å². The number of nitrogen functional groups attached to an aromatic ring is 1. The van der Waals surface area contributed by atoms with Crippen LogP contribution in [0.3, 0.4) is 0 Å². The highest BCUT2D eigenvalue weighted by Crippen LogP contribution is 2.26. The van der Waals surface area contributed by atoms with Gasteiger partial charge in [0.1, 0.15) is 35.4 Å². The number of carbonyl (C=O) groups excluding carboxylic acids is 1. The summed E-state index contributed by atoms with van der Waals surface area (Å²) >= 11 is 0. The molecule has 1 aromatic carbocycles. The molecule has 0 radical (unpaired) electrons. The summed E-state index contributed by atoms with van der Waals surface area (Å²) in [4.78, 5) is 24.7. The van der Waals surface area contributed by atoms with Crippen LogP contribution in [0, 0.1) is 17.1 Å². The zero-order chi connectivity index (χ0) is 19.6. The van der Waals surface area contributed by atoms with Gasteiger partial charge in [-0.3, -0.25) is 4.79 Å². The van der Waals surface area contributed by atoms with Crippen molar-refractivity contribution in [2.24, 2.45) is 0 Å². The third-order valence-corrected chi connectivity index (χ3v) is 4.03. The Hall–Kier alpha value is -3.80. The first kappa shape index (κ1) is 18.0. The van der Waals surface area contributed by atoms with E-state index in [1.165, 1.54) is 31.6 Å². The van der Waals surface area contributed by atoms with Gasteiger partial charge in [0.15, 0.2) is 0 Å². The van der Waals surface area contributed by atoms with E-state index in [1.54, 1.807) is 13.0 Å². The van der Waals surface area contributed by atoms with E-state index < -0.39 is 11.9 Å². The van der Waals surface area contributed by atoms with E-state index in [9.17, 15) is 14.4 Å². The lowest BCUT2D eigenvalue weighted by Gasteiger charge is -2.18. The first-order valence-corrected chi connectivity index (χ1v) is 8.04. The minimum absolute atomic E-state index is 0.0515. The van der Waals surface area contributed by atoms with Crippen LogP contribution in [0.5, 0.6) is 0 Å². The molecule has 0 saturated carbocycles. The Labute approximate surface area is 154 Å². The smallest absolute Gasteiger partial charge is 0.252 e. The molecule has 0 aliphatic heterocycles. The molecule has 27 heavy (non-hydrogen) atoms. The number of fused-ring (bicyclic) bond motifs is 1. The van der Waals surface area contributed by atoms with E-state index in [4.69, 9.17) is 5.73 Å². The van der Waals surface area contributed by atoms with Crippen LogP contribution in [0.2, 0.25) is 0 Å². The average Bonchev–Trinajstić information content (AvgIpc) is 2.66. The number of anilines is 2. The Morgan fingerprint density at radius 3 is 2.81 bits per heavy atom. The van der Waals surface area contributed by atoms with Crippen LogP contribution in [0.4, 0.5) is 16.0 Å². The van der Waals surface area contributed by atoms with Crippen LogP contribution in [0.15, 0.2) is 30.6 Å². The number of nitrogens with zero attached hydrogens (tertiary/aromatic N) is 4. The molecule has 3 rings (SSSR count). The zero-order valence-corrected chi connectivity index (χ0v) is 14.6. The fourth-order valence-corrected chi connectivity index (χ4v) is 2.70. The van der Waals surface area contributed by atoms with E-state index >= 15 is 0 Å². The van der Waals surface area contributed by atoms with Gasteiger partial charge in [-0.05, 0) is 31.2 Å². The van der Waals surface area contributed by atoms with Gasteiger partial charge in [-0.25, -0.2) is 19.3 Å². The number of hydrogen-bond donors (Lipinski definition) is 3. The van der Waals surface area contributed by atoms with Crippen molar-refractivity contribution in [3.8, 4) is 6.07 Å². The molecular formula is C18H16FN7O. The summed E-state index contributed by atoms with van der Waals surface area (Å²) in [5, 5.41) is 15.4.